The average molecular weight is 278 g/mol. The lowest BCUT2D eigenvalue weighted by atomic mass is 10.3. The number of carbonyl (C=O) groups is 3. The third kappa shape index (κ3) is 2.92. The molecule has 1 N–H and O–H groups in total. The summed E-state index contributed by atoms with van der Waals surface area (Å²) >= 11 is 3.12. The summed E-state index contributed by atoms with van der Waals surface area (Å²) in [5.41, 5.74) is 0. The molecule has 0 radical (unpaired) electrons. The molecule has 0 aromatic carbocycles. The molecule has 1 aliphatic heterocycles. The molecule has 84 valence electrons. The van der Waals surface area contributed by atoms with Crippen molar-refractivity contribution in [1.29, 1.82) is 0 Å². The van der Waals surface area contributed by atoms with Gasteiger partial charge in [0.05, 0.1) is 0 Å². The number of hydrogen-bond acceptors (Lipinski definition) is 3. The van der Waals surface area contributed by atoms with Crippen molar-refractivity contribution < 1.29 is 14.4 Å². The molecule has 15 heavy (non-hydrogen) atoms. The first-order valence-corrected chi connectivity index (χ1v) is 5.27. The van der Waals surface area contributed by atoms with Crippen LogP contribution in [-0.2, 0) is 9.59 Å². The lowest BCUT2D eigenvalue weighted by Crippen LogP contribution is -2.57. The number of hydrogen-bond donors (Lipinski definition) is 1. The highest BCUT2D eigenvalue weighted by atomic mass is 79.9. The van der Waals surface area contributed by atoms with Crippen LogP contribution in [0.1, 0.15) is 0 Å². The van der Waals surface area contributed by atoms with Crippen LogP contribution in [0.25, 0.3) is 0 Å². The number of likely N-dealkylation sites (N-methyl/N-ethyl adjacent to an activating group) is 1. The zero-order valence-electron chi connectivity index (χ0n) is 8.49. The standard InChI is InChI=1S/C8H12BrN3O3/c1-11(2)6(13)4-12-3-5(9)7(14)10-8(12)15/h5H,3-4H2,1-2H3,(H,10,14,15). The van der Waals surface area contributed by atoms with E-state index in [2.05, 4.69) is 21.2 Å². The van der Waals surface area contributed by atoms with E-state index in [1.165, 1.54) is 9.80 Å². The SMILES string of the molecule is CN(C)C(=O)CN1CC(Br)C(=O)NC1=O. The Morgan fingerprint density at radius 1 is 1.60 bits per heavy atom. The van der Waals surface area contributed by atoms with Crippen LogP contribution in [0.5, 0.6) is 0 Å². The molecular weight excluding hydrogens is 266 g/mol. The summed E-state index contributed by atoms with van der Waals surface area (Å²) in [5, 5.41) is 2.15. The Labute approximate surface area is 95.7 Å². The first-order valence-electron chi connectivity index (χ1n) is 4.36. The molecule has 0 spiro atoms. The van der Waals surface area contributed by atoms with Crippen LogP contribution in [-0.4, -0.2) is 59.7 Å². The predicted octanol–water partition coefficient (Wildman–Crippen LogP) is -0.610. The molecule has 0 aromatic heterocycles. The van der Waals surface area contributed by atoms with Crippen LogP contribution < -0.4 is 5.32 Å². The van der Waals surface area contributed by atoms with Crippen molar-refractivity contribution >= 4 is 33.8 Å². The number of halogens is 1. The summed E-state index contributed by atoms with van der Waals surface area (Å²) in [4.78, 5) is 36.0. The first kappa shape index (κ1) is 12.0. The number of nitrogens with zero attached hydrogens (tertiary/aromatic N) is 2. The normalized spacial score (nSPS) is 21.3. The topological polar surface area (TPSA) is 69.7 Å². The fraction of sp³-hybridized carbons (Fsp3) is 0.625. The molecule has 0 aromatic rings. The molecule has 0 aliphatic carbocycles. The minimum atomic E-state index is -0.522. The number of carbonyl (C=O) groups excluding carboxylic acids is 3. The van der Waals surface area contributed by atoms with Gasteiger partial charge in [0.15, 0.2) is 0 Å². The molecule has 1 aliphatic rings. The Bertz CT molecular complexity index is 306. The van der Waals surface area contributed by atoms with E-state index in [9.17, 15) is 14.4 Å². The fourth-order valence-corrected chi connectivity index (χ4v) is 1.53. The van der Waals surface area contributed by atoms with E-state index >= 15 is 0 Å². The van der Waals surface area contributed by atoms with Gasteiger partial charge in [-0.15, -0.1) is 0 Å². The van der Waals surface area contributed by atoms with Crippen LogP contribution in [0.15, 0.2) is 0 Å². The predicted molar refractivity (Wildman–Crippen MR) is 56.5 cm³/mol. The number of amides is 4. The minimum absolute atomic E-state index is 0.0196. The van der Waals surface area contributed by atoms with Gasteiger partial charge in [-0.1, -0.05) is 15.9 Å². The Hall–Kier alpha value is -1.11. The fourth-order valence-electron chi connectivity index (χ4n) is 1.06. The van der Waals surface area contributed by atoms with Gasteiger partial charge in [-0.3, -0.25) is 14.9 Å². The van der Waals surface area contributed by atoms with E-state index in [0.717, 1.165) is 0 Å². The molecule has 1 heterocycles. The molecule has 0 bridgehead atoms. The van der Waals surface area contributed by atoms with Gasteiger partial charge >= 0.3 is 6.03 Å². The quantitative estimate of drug-likeness (QED) is 0.685. The smallest absolute Gasteiger partial charge is 0.324 e. The summed E-state index contributed by atoms with van der Waals surface area (Å²) in [6, 6.07) is -0.522. The van der Waals surface area contributed by atoms with Crippen molar-refractivity contribution in [2.24, 2.45) is 0 Å². The van der Waals surface area contributed by atoms with E-state index < -0.39 is 10.9 Å². The maximum atomic E-state index is 11.3. The molecule has 0 saturated carbocycles. The highest BCUT2D eigenvalue weighted by Gasteiger charge is 2.31. The van der Waals surface area contributed by atoms with Crippen molar-refractivity contribution in [3.05, 3.63) is 0 Å². The molecule has 6 nitrogen and oxygen atoms in total. The molecule has 4 amide bonds. The number of imide groups is 1. The van der Waals surface area contributed by atoms with Crippen LogP contribution in [0.3, 0.4) is 0 Å². The van der Waals surface area contributed by atoms with E-state index in [4.69, 9.17) is 0 Å². The zero-order chi connectivity index (χ0) is 11.6. The molecule has 1 unspecified atom stereocenters. The number of urea groups is 1. The van der Waals surface area contributed by atoms with Crippen molar-refractivity contribution in [3.63, 3.8) is 0 Å². The summed E-state index contributed by atoms with van der Waals surface area (Å²) in [7, 11) is 3.22. The van der Waals surface area contributed by atoms with Crippen molar-refractivity contribution in [3.8, 4) is 0 Å². The first-order chi connectivity index (χ1) is 6.91. The van der Waals surface area contributed by atoms with Gasteiger partial charge in [-0.2, -0.15) is 0 Å². The largest absolute Gasteiger partial charge is 0.347 e. The Balaban J connectivity index is 2.59. The van der Waals surface area contributed by atoms with Gasteiger partial charge in [0.2, 0.25) is 11.8 Å². The Morgan fingerprint density at radius 2 is 2.20 bits per heavy atom. The molecule has 1 atom stereocenters. The van der Waals surface area contributed by atoms with Gasteiger partial charge in [0.25, 0.3) is 0 Å². The molecular formula is C8H12BrN3O3. The Morgan fingerprint density at radius 3 is 2.73 bits per heavy atom. The van der Waals surface area contributed by atoms with Crippen LogP contribution >= 0.6 is 15.9 Å². The average Bonchev–Trinajstić information content (AvgIpc) is 2.13. The minimum Gasteiger partial charge on any atom is -0.347 e. The van der Waals surface area contributed by atoms with Crippen molar-refractivity contribution in [2.75, 3.05) is 27.2 Å². The second-order valence-corrected chi connectivity index (χ2v) is 4.54. The van der Waals surface area contributed by atoms with Crippen LogP contribution in [0, 0.1) is 0 Å². The highest BCUT2D eigenvalue weighted by Crippen LogP contribution is 2.09. The highest BCUT2D eigenvalue weighted by molar-refractivity contribution is 9.10. The second kappa shape index (κ2) is 4.61. The number of nitrogens with one attached hydrogen (secondary N) is 1. The number of alkyl halides is 1. The van der Waals surface area contributed by atoms with E-state index in [0.29, 0.717) is 0 Å². The molecule has 1 saturated heterocycles. The summed E-state index contributed by atoms with van der Waals surface area (Å²) < 4.78 is 0. The van der Waals surface area contributed by atoms with Crippen molar-refractivity contribution in [1.82, 2.24) is 15.1 Å². The van der Waals surface area contributed by atoms with Gasteiger partial charge in [-0.25, -0.2) is 4.79 Å². The zero-order valence-corrected chi connectivity index (χ0v) is 10.1. The molecule has 7 heteroatoms. The Kier molecular flexibility index (Phi) is 3.67. The van der Waals surface area contributed by atoms with E-state index in [1.807, 2.05) is 0 Å². The maximum absolute atomic E-state index is 11.3. The van der Waals surface area contributed by atoms with Crippen LogP contribution in [0.2, 0.25) is 0 Å². The lowest BCUT2D eigenvalue weighted by Gasteiger charge is -2.29. The molecule has 1 rings (SSSR count). The van der Waals surface area contributed by atoms with Crippen molar-refractivity contribution in [2.45, 2.75) is 4.83 Å². The van der Waals surface area contributed by atoms with Gasteiger partial charge in [0, 0.05) is 20.6 Å². The third-order valence-electron chi connectivity index (χ3n) is 2.01. The van der Waals surface area contributed by atoms with E-state index in [1.54, 1.807) is 14.1 Å². The maximum Gasteiger partial charge on any atom is 0.324 e. The van der Waals surface area contributed by atoms with Gasteiger partial charge in [0.1, 0.15) is 11.4 Å². The summed E-state index contributed by atoms with van der Waals surface area (Å²) in [6.07, 6.45) is 0. The summed E-state index contributed by atoms with van der Waals surface area (Å²) in [5.74, 6) is -0.548. The number of rotatable bonds is 2. The third-order valence-corrected chi connectivity index (χ3v) is 2.71. The monoisotopic (exact) mass is 277 g/mol. The second-order valence-electron chi connectivity index (χ2n) is 3.43. The van der Waals surface area contributed by atoms with E-state index in [-0.39, 0.29) is 24.9 Å². The lowest BCUT2D eigenvalue weighted by molar-refractivity contribution is -0.130. The van der Waals surface area contributed by atoms with Gasteiger partial charge in [-0.05, 0) is 0 Å². The summed E-state index contributed by atoms with van der Waals surface area (Å²) in [6.45, 7) is 0.193. The molecule has 1 fully saturated rings. The van der Waals surface area contributed by atoms with Crippen LogP contribution in [0.4, 0.5) is 4.79 Å². The van der Waals surface area contributed by atoms with Gasteiger partial charge < -0.3 is 9.80 Å².